The summed E-state index contributed by atoms with van der Waals surface area (Å²) in [4.78, 5) is 21.3. The summed E-state index contributed by atoms with van der Waals surface area (Å²) in [5.74, 6) is -0.461. The third-order valence-corrected chi connectivity index (χ3v) is 2.68. The molecule has 1 heterocycles. The van der Waals surface area contributed by atoms with Crippen molar-refractivity contribution in [2.24, 2.45) is 11.8 Å². The first-order chi connectivity index (χ1) is 7.04. The van der Waals surface area contributed by atoms with Gasteiger partial charge < -0.3 is 14.6 Å². The number of hydrogen-bond donors (Lipinski definition) is 1. The molecular formula is C10H16O5. The smallest absolute Gasteiger partial charge is 0.303 e. The lowest BCUT2D eigenvalue weighted by Gasteiger charge is -2.18. The lowest BCUT2D eigenvalue weighted by molar-refractivity contribution is -0.150. The first-order valence-electron chi connectivity index (χ1n) is 4.96. The van der Waals surface area contributed by atoms with Gasteiger partial charge >= 0.3 is 5.97 Å². The average molecular weight is 216 g/mol. The maximum atomic E-state index is 10.7. The van der Waals surface area contributed by atoms with E-state index in [1.807, 2.05) is 6.92 Å². The van der Waals surface area contributed by atoms with E-state index in [2.05, 4.69) is 0 Å². The Morgan fingerprint density at radius 2 is 2.40 bits per heavy atom. The van der Waals surface area contributed by atoms with Gasteiger partial charge in [-0.2, -0.15) is 0 Å². The van der Waals surface area contributed by atoms with Crippen molar-refractivity contribution in [3.05, 3.63) is 0 Å². The van der Waals surface area contributed by atoms with Gasteiger partial charge in [-0.25, -0.2) is 0 Å². The minimum atomic E-state index is -0.778. The highest BCUT2D eigenvalue weighted by atomic mass is 16.6. The third-order valence-electron chi connectivity index (χ3n) is 2.68. The predicted octanol–water partition coefficient (Wildman–Crippen LogP) is 0.108. The van der Waals surface area contributed by atoms with Gasteiger partial charge in [0.1, 0.15) is 0 Å². The summed E-state index contributed by atoms with van der Waals surface area (Å²) in [6.07, 6.45) is -0.497. The van der Waals surface area contributed by atoms with Crippen LogP contribution in [0.3, 0.4) is 0 Å². The highest BCUT2D eigenvalue weighted by molar-refractivity contribution is 5.69. The van der Waals surface area contributed by atoms with Gasteiger partial charge in [0.25, 0.3) is 0 Å². The molecule has 0 spiro atoms. The number of ether oxygens (including phenoxy) is 2. The van der Waals surface area contributed by atoms with E-state index in [1.165, 1.54) is 6.92 Å². The maximum absolute atomic E-state index is 10.7. The van der Waals surface area contributed by atoms with Gasteiger partial charge in [-0.05, 0) is 12.3 Å². The summed E-state index contributed by atoms with van der Waals surface area (Å²) in [6, 6.07) is 0. The molecule has 86 valence electrons. The van der Waals surface area contributed by atoms with E-state index < -0.39 is 18.4 Å². The summed E-state index contributed by atoms with van der Waals surface area (Å²) in [7, 11) is 0. The van der Waals surface area contributed by atoms with Gasteiger partial charge in [0.05, 0.1) is 6.61 Å². The van der Waals surface area contributed by atoms with Crippen LogP contribution in [0.2, 0.25) is 0 Å². The molecule has 1 aliphatic heterocycles. The first-order valence-corrected chi connectivity index (χ1v) is 4.96. The molecule has 1 N–H and O–H groups in total. The summed E-state index contributed by atoms with van der Waals surface area (Å²) in [5.41, 5.74) is 0. The molecule has 0 amide bonds. The van der Waals surface area contributed by atoms with Crippen molar-refractivity contribution in [3.63, 3.8) is 0 Å². The molecule has 0 saturated carbocycles. The zero-order valence-electron chi connectivity index (χ0n) is 8.88. The number of esters is 1. The Kier molecular flexibility index (Phi) is 4.23. The van der Waals surface area contributed by atoms with Crippen LogP contribution in [0.25, 0.3) is 0 Å². The number of aliphatic hydroxyl groups is 1. The normalized spacial score (nSPS) is 32.3. The minimum Gasteiger partial charge on any atom is -0.455 e. The molecule has 0 aliphatic carbocycles. The Morgan fingerprint density at radius 3 is 2.80 bits per heavy atom. The van der Waals surface area contributed by atoms with E-state index in [0.29, 0.717) is 19.3 Å². The molecule has 1 unspecified atom stereocenters. The number of aliphatic hydroxyl groups excluding tert-OH is 1. The first kappa shape index (κ1) is 12.1. The van der Waals surface area contributed by atoms with Crippen LogP contribution in [0, 0.1) is 11.8 Å². The van der Waals surface area contributed by atoms with Crippen LogP contribution < -0.4 is 0 Å². The second-order valence-electron chi connectivity index (χ2n) is 3.86. The molecule has 0 aromatic carbocycles. The van der Waals surface area contributed by atoms with Crippen molar-refractivity contribution in [3.8, 4) is 0 Å². The van der Waals surface area contributed by atoms with Gasteiger partial charge in [-0.3, -0.25) is 9.59 Å². The van der Waals surface area contributed by atoms with Gasteiger partial charge in [0.15, 0.2) is 18.7 Å². The van der Waals surface area contributed by atoms with Crippen molar-refractivity contribution in [2.45, 2.75) is 32.7 Å². The van der Waals surface area contributed by atoms with E-state index in [1.54, 1.807) is 0 Å². The van der Waals surface area contributed by atoms with E-state index in [-0.39, 0.29) is 11.8 Å². The average Bonchev–Trinajstić information content (AvgIpc) is 2.48. The fourth-order valence-electron chi connectivity index (χ4n) is 1.68. The maximum Gasteiger partial charge on any atom is 0.303 e. The molecule has 5 heteroatoms. The van der Waals surface area contributed by atoms with Crippen molar-refractivity contribution in [1.82, 2.24) is 0 Å². The molecule has 1 rings (SSSR count). The molecule has 1 saturated heterocycles. The van der Waals surface area contributed by atoms with Crippen LogP contribution in [0.4, 0.5) is 0 Å². The standard InChI is InChI=1S/C10H16O5/c1-6-8(5-14-10(6)13)3-9(4-11)15-7(2)12/h4,6,8-10,13H,3,5H2,1-2H3/t6-,8-,9-,10?/m0/s1. The van der Waals surface area contributed by atoms with Gasteiger partial charge in [-0.1, -0.05) is 6.92 Å². The van der Waals surface area contributed by atoms with Crippen LogP contribution in [-0.4, -0.2) is 36.4 Å². The second kappa shape index (κ2) is 5.23. The lowest BCUT2D eigenvalue weighted by Crippen LogP contribution is -2.25. The molecular weight excluding hydrogens is 200 g/mol. The molecule has 0 radical (unpaired) electrons. The van der Waals surface area contributed by atoms with E-state index in [0.717, 1.165) is 0 Å². The van der Waals surface area contributed by atoms with Crippen molar-refractivity contribution < 1.29 is 24.2 Å². The lowest BCUT2D eigenvalue weighted by atomic mass is 9.91. The summed E-state index contributed by atoms with van der Waals surface area (Å²) in [6.45, 7) is 3.51. The fourth-order valence-corrected chi connectivity index (χ4v) is 1.68. The van der Waals surface area contributed by atoms with Crippen molar-refractivity contribution in [1.29, 1.82) is 0 Å². The quantitative estimate of drug-likeness (QED) is 0.533. The van der Waals surface area contributed by atoms with Gasteiger partial charge in [0, 0.05) is 12.8 Å². The third kappa shape index (κ3) is 3.28. The van der Waals surface area contributed by atoms with Crippen molar-refractivity contribution in [2.75, 3.05) is 6.61 Å². The molecule has 1 aliphatic rings. The van der Waals surface area contributed by atoms with Crippen LogP contribution >= 0.6 is 0 Å². The zero-order chi connectivity index (χ0) is 11.4. The molecule has 15 heavy (non-hydrogen) atoms. The number of hydrogen-bond acceptors (Lipinski definition) is 5. The SMILES string of the molecule is CC(=O)O[C@H](C=O)C[C@H]1COC(O)[C@H]1C. The Morgan fingerprint density at radius 1 is 1.73 bits per heavy atom. The zero-order valence-corrected chi connectivity index (χ0v) is 8.88. The number of carbonyl (C=O) groups excluding carboxylic acids is 2. The highest BCUT2D eigenvalue weighted by Crippen LogP contribution is 2.29. The largest absolute Gasteiger partial charge is 0.455 e. The molecule has 0 bridgehead atoms. The summed E-state index contributed by atoms with van der Waals surface area (Å²) in [5, 5.41) is 9.32. The topological polar surface area (TPSA) is 72.8 Å². The summed E-state index contributed by atoms with van der Waals surface area (Å²) < 4.78 is 9.83. The van der Waals surface area contributed by atoms with Crippen molar-refractivity contribution >= 4 is 12.3 Å². The van der Waals surface area contributed by atoms with E-state index in [9.17, 15) is 14.7 Å². The molecule has 1 fully saturated rings. The van der Waals surface area contributed by atoms with Gasteiger partial charge in [-0.15, -0.1) is 0 Å². The van der Waals surface area contributed by atoms with Crippen LogP contribution in [0.15, 0.2) is 0 Å². The van der Waals surface area contributed by atoms with Crippen LogP contribution in [-0.2, 0) is 19.1 Å². The predicted molar refractivity (Wildman–Crippen MR) is 50.8 cm³/mol. The minimum absolute atomic E-state index is 0.0389. The monoisotopic (exact) mass is 216 g/mol. The molecule has 0 aromatic heterocycles. The number of carbonyl (C=O) groups is 2. The number of aldehydes is 1. The summed E-state index contributed by atoms with van der Waals surface area (Å²) >= 11 is 0. The Balaban J connectivity index is 2.45. The van der Waals surface area contributed by atoms with E-state index >= 15 is 0 Å². The highest BCUT2D eigenvalue weighted by Gasteiger charge is 2.34. The number of rotatable bonds is 4. The Hall–Kier alpha value is -0.940. The Bertz CT molecular complexity index is 240. The van der Waals surface area contributed by atoms with Gasteiger partial charge in [0.2, 0.25) is 0 Å². The van der Waals surface area contributed by atoms with Crippen LogP contribution in [0.1, 0.15) is 20.3 Å². The fraction of sp³-hybridized carbons (Fsp3) is 0.800. The van der Waals surface area contributed by atoms with Crippen LogP contribution in [0.5, 0.6) is 0 Å². The molecule has 4 atom stereocenters. The Labute approximate surface area is 88.4 Å². The molecule has 5 nitrogen and oxygen atoms in total. The second-order valence-corrected chi connectivity index (χ2v) is 3.86. The molecule has 0 aromatic rings. The van der Waals surface area contributed by atoms with E-state index in [4.69, 9.17) is 9.47 Å².